The number of anilines is 1. The van der Waals surface area contributed by atoms with E-state index in [1.54, 1.807) is 6.20 Å². The maximum absolute atomic E-state index is 9.66. The van der Waals surface area contributed by atoms with Crippen molar-refractivity contribution in [3.8, 4) is 0 Å². The summed E-state index contributed by atoms with van der Waals surface area (Å²) in [5.74, 6) is 0.735. The molecule has 2 aromatic rings. The maximum Gasteiger partial charge on any atom is 0.126 e. The first-order valence-electron chi connectivity index (χ1n) is 5.70. The molecule has 3 nitrogen and oxygen atoms in total. The lowest BCUT2D eigenvalue weighted by Gasteiger charge is -2.30. The Balaban J connectivity index is 2.26. The van der Waals surface area contributed by atoms with Gasteiger partial charge in [0.2, 0.25) is 0 Å². The number of halogens is 1. The highest BCUT2D eigenvalue weighted by Gasteiger charge is 2.25. The number of nitrogens with one attached hydrogen (secondary N) is 1. The average molecular weight is 307 g/mol. The molecule has 4 heteroatoms. The zero-order valence-corrected chi connectivity index (χ0v) is 11.7. The number of nitrogens with zero attached hydrogens (tertiary/aromatic N) is 1. The molecule has 0 saturated carbocycles. The van der Waals surface area contributed by atoms with Crippen LogP contribution in [-0.2, 0) is 5.54 Å². The van der Waals surface area contributed by atoms with E-state index in [0.29, 0.717) is 0 Å². The molecule has 0 bridgehead atoms. The second kappa shape index (κ2) is 5.50. The third-order valence-corrected chi connectivity index (χ3v) is 3.33. The van der Waals surface area contributed by atoms with Crippen molar-refractivity contribution < 1.29 is 5.11 Å². The van der Waals surface area contributed by atoms with E-state index in [4.69, 9.17) is 0 Å². The van der Waals surface area contributed by atoms with Gasteiger partial charge in [-0.1, -0.05) is 30.3 Å². The molecule has 2 rings (SSSR count). The molecular weight excluding hydrogens is 292 g/mol. The number of rotatable bonds is 4. The van der Waals surface area contributed by atoms with E-state index in [-0.39, 0.29) is 6.61 Å². The van der Waals surface area contributed by atoms with Crippen molar-refractivity contribution in [3.63, 3.8) is 0 Å². The van der Waals surface area contributed by atoms with E-state index in [2.05, 4.69) is 26.2 Å². The van der Waals surface area contributed by atoms with Gasteiger partial charge < -0.3 is 10.4 Å². The molecule has 1 unspecified atom stereocenters. The summed E-state index contributed by atoms with van der Waals surface area (Å²) in [6.07, 6.45) is 1.73. The number of hydrogen-bond donors (Lipinski definition) is 2. The Morgan fingerprint density at radius 3 is 2.50 bits per heavy atom. The Bertz CT molecular complexity index is 501. The quantitative estimate of drug-likeness (QED) is 0.912. The Hall–Kier alpha value is -1.39. The van der Waals surface area contributed by atoms with Gasteiger partial charge in [-0.3, -0.25) is 0 Å². The fourth-order valence-electron chi connectivity index (χ4n) is 1.74. The van der Waals surface area contributed by atoms with Crippen LogP contribution < -0.4 is 5.32 Å². The van der Waals surface area contributed by atoms with Crippen LogP contribution >= 0.6 is 15.9 Å². The Morgan fingerprint density at radius 2 is 1.94 bits per heavy atom. The van der Waals surface area contributed by atoms with Crippen molar-refractivity contribution in [2.75, 3.05) is 11.9 Å². The molecule has 1 aromatic carbocycles. The van der Waals surface area contributed by atoms with Crippen molar-refractivity contribution in [2.45, 2.75) is 12.5 Å². The van der Waals surface area contributed by atoms with Crippen LogP contribution in [-0.4, -0.2) is 16.7 Å². The first-order chi connectivity index (χ1) is 8.64. The molecule has 1 heterocycles. The van der Waals surface area contributed by atoms with Crippen LogP contribution in [0.2, 0.25) is 0 Å². The van der Waals surface area contributed by atoms with Gasteiger partial charge in [-0.25, -0.2) is 4.98 Å². The molecule has 0 aliphatic heterocycles. The van der Waals surface area contributed by atoms with Crippen LogP contribution in [0.15, 0.2) is 53.1 Å². The SMILES string of the molecule is CC(CO)(Nc1ccc(Br)cn1)c1ccccc1. The molecule has 0 amide bonds. The highest BCUT2D eigenvalue weighted by atomic mass is 79.9. The monoisotopic (exact) mass is 306 g/mol. The number of aromatic nitrogens is 1. The summed E-state index contributed by atoms with van der Waals surface area (Å²) >= 11 is 3.35. The van der Waals surface area contributed by atoms with E-state index in [1.807, 2.05) is 49.4 Å². The molecule has 2 N–H and O–H groups in total. The van der Waals surface area contributed by atoms with Crippen LogP contribution in [0.4, 0.5) is 5.82 Å². The van der Waals surface area contributed by atoms with Gasteiger partial charge in [0, 0.05) is 10.7 Å². The summed E-state index contributed by atoms with van der Waals surface area (Å²) in [6.45, 7) is 1.95. The molecule has 18 heavy (non-hydrogen) atoms. The van der Waals surface area contributed by atoms with Crippen LogP contribution in [0, 0.1) is 0 Å². The molecule has 94 valence electrons. The van der Waals surface area contributed by atoms with Gasteiger partial charge in [0.1, 0.15) is 5.82 Å². The zero-order chi connectivity index (χ0) is 13.0. The van der Waals surface area contributed by atoms with E-state index in [0.717, 1.165) is 15.9 Å². The van der Waals surface area contributed by atoms with E-state index >= 15 is 0 Å². The minimum absolute atomic E-state index is 0.00520. The predicted molar refractivity (Wildman–Crippen MR) is 76.4 cm³/mol. The smallest absolute Gasteiger partial charge is 0.126 e. The first-order valence-corrected chi connectivity index (χ1v) is 6.49. The van der Waals surface area contributed by atoms with Crippen molar-refractivity contribution >= 4 is 21.7 Å². The third-order valence-electron chi connectivity index (χ3n) is 2.86. The van der Waals surface area contributed by atoms with Gasteiger partial charge in [0.05, 0.1) is 12.1 Å². The third kappa shape index (κ3) is 2.89. The number of hydrogen-bond acceptors (Lipinski definition) is 3. The van der Waals surface area contributed by atoms with Crippen molar-refractivity contribution in [2.24, 2.45) is 0 Å². The fraction of sp³-hybridized carbons (Fsp3) is 0.214. The highest BCUT2D eigenvalue weighted by molar-refractivity contribution is 9.10. The second-order valence-electron chi connectivity index (χ2n) is 4.34. The van der Waals surface area contributed by atoms with Gasteiger partial charge in [-0.2, -0.15) is 0 Å². The molecule has 0 aliphatic carbocycles. The summed E-state index contributed by atoms with van der Waals surface area (Å²) in [6, 6.07) is 13.6. The lowest BCUT2D eigenvalue weighted by atomic mass is 9.93. The molecule has 0 spiro atoms. The molecular formula is C14H15BrN2O. The molecule has 1 atom stereocenters. The van der Waals surface area contributed by atoms with Crippen LogP contribution in [0.3, 0.4) is 0 Å². The Kier molecular flexibility index (Phi) is 3.99. The average Bonchev–Trinajstić information content (AvgIpc) is 2.42. The molecule has 1 aromatic heterocycles. The predicted octanol–water partition coefficient (Wildman–Crippen LogP) is 3.16. The number of aliphatic hydroxyl groups is 1. The van der Waals surface area contributed by atoms with Crippen molar-refractivity contribution in [3.05, 3.63) is 58.7 Å². The zero-order valence-electron chi connectivity index (χ0n) is 10.1. The van der Waals surface area contributed by atoms with E-state index < -0.39 is 5.54 Å². The Morgan fingerprint density at radius 1 is 1.22 bits per heavy atom. The topological polar surface area (TPSA) is 45.1 Å². The summed E-state index contributed by atoms with van der Waals surface area (Å²) in [5.41, 5.74) is 0.486. The first kappa shape index (κ1) is 13.1. The van der Waals surface area contributed by atoms with Gasteiger partial charge in [-0.15, -0.1) is 0 Å². The van der Waals surface area contributed by atoms with Gasteiger partial charge in [0.25, 0.3) is 0 Å². The normalized spacial score (nSPS) is 13.9. The van der Waals surface area contributed by atoms with Crippen LogP contribution in [0.5, 0.6) is 0 Å². The lowest BCUT2D eigenvalue weighted by molar-refractivity contribution is 0.223. The summed E-state index contributed by atoms with van der Waals surface area (Å²) < 4.78 is 0.929. The van der Waals surface area contributed by atoms with E-state index in [1.165, 1.54) is 0 Å². The maximum atomic E-state index is 9.66. The molecule has 0 fully saturated rings. The standard InChI is InChI=1S/C14H15BrN2O/c1-14(10-18,11-5-3-2-4-6-11)17-13-8-7-12(15)9-16-13/h2-9,18H,10H2,1H3,(H,16,17). The highest BCUT2D eigenvalue weighted by Crippen LogP contribution is 2.25. The molecule has 0 aliphatic rings. The van der Waals surface area contributed by atoms with Gasteiger partial charge in [0.15, 0.2) is 0 Å². The van der Waals surface area contributed by atoms with Gasteiger partial charge >= 0.3 is 0 Å². The largest absolute Gasteiger partial charge is 0.394 e. The lowest BCUT2D eigenvalue weighted by Crippen LogP contribution is -2.36. The fourth-order valence-corrected chi connectivity index (χ4v) is 1.98. The number of benzene rings is 1. The number of aliphatic hydroxyl groups excluding tert-OH is 1. The minimum atomic E-state index is -0.540. The van der Waals surface area contributed by atoms with E-state index in [9.17, 15) is 5.11 Å². The molecule has 0 saturated heterocycles. The van der Waals surface area contributed by atoms with Gasteiger partial charge in [-0.05, 0) is 40.5 Å². The Labute approximate surface area is 115 Å². The molecule has 0 radical (unpaired) electrons. The van der Waals surface area contributed by atoms with Crippen molar-refractivity contribution in [1.82, 2.24) is 4.98 Å². The number of pyridine rings is 1. The summed E-state index contributed by atoms with van der Waals surface area (Å²) in [4.78, 5) is 4.27. The summed E-state index contributed by atoms with van der Waals surface area (Å²) in [5, 5.41) is 12.9. The van der Waals surface area contributed by atoms with Crippen molar-refractivity contribution in [1.29, 1.82) is 0 Å². The second-order valence-corrected chi connectivity index (χ2v) is 5.26. The van der Waals surface area contributed by atoms with Crippen LogP contribution in [0.1, 0.15) is 12.5 Å². The van der Waals surface area contributed by atoms with Crippen LogP contribution in [0.25, 0.3) is 0 Å². The minimum Gasteiger partial charge on any atom is -0.394 e. The summed E-state index contributed by atoms with van der Waals surface area (Å²) in [7, 11) is 0.